The Labute approximate surface area is 107 Å². The fourth-order valence-corrected chi connectivity index (χ4v) is 2.22. The van der Waals surface area contributed by atoms with Crippen molar-refractivity contribution in [3.05, 3.63) is 23.2 Å². The topological polar surface area (TPSA) is 58.0 Å². The zero-order valence-corrected chi connectivity index (χ0v) is 11.4. The SMILES string of the molecule is CCCN(C)Cc1c[nH]nc1-c1c(C)noc1C. The van der Waals surface area contributed by atoms with Crippen molar-refractivity contribution in [2.75, 3.05) is 13.6 Å². The number of aromatic nitrogens is 3. The van der Waals surface area contributed by atoms with Gasteiger partial charge >= 0.3 is 0 Å². The summed E-state index contributed by atoms with van der Waals surface area (Å²) >= 11 is 0. The molecule has 0 saturated heterocycles. The first-order valence-corrected chi connectivity index (χ1v) is 6.28. The van der Waals surface area contributed by atoms with Crippen molar-refractivity contribution in [1.29, 1.82) is 0 Å². The van der Waals surface area contributed by atoms with Crippen LogP contribution in [0.25, 0.3) is 11.3 Å². The van der Waals surface area contributed by atoms with E-state index in [1.54, 1.807) is 0 Å². The molecule has 5 heteroatoms. The van der Waals surface area contributed by atoms with Gasteiger partial charge in [0.25, 0.3) is 0 Å². The van der Waals surface area contributed by atoms with Crippen LogP contribution in [0.2, 0.25) is 0 Å². The lowest BCUT2D eigenvalue weighted by atomic mass is 10.1. The molecule has 0 saturated carbocycles. The Kier molecular flexibility index (Phi) is 3.81. The van der Waals surface area contributed by atoms with Crippen LogP contribution in [0.15, 0.2) is 10.7 Å². The molecule has 0 aliphatic rings. The second-order valence-electron chi connectivity index (χ2n) is 4.70. The van der Waals surface area contributed by atoms with E-state index in [1.165, 1.54) is 5.56 Å². The maximum absolute atomic E-state index is 5.21. The van der Waals surface area contributed by atoms with Gasteiger partial charge in [0.1, 0.15) is 11.5 Å². The molecule has 18 heavy (non-hydrogen) atoms. The number of hydrogen-bond acceptors (Lipinski definition) is 4. The summed E-state index contributed by atoms with van der Waals surface area (Å²) in [4.78, 5) is 2.28. The number of nitrogens with one attached hydrogen (secondary N) is 1. The van der Waals surface area contributed by atoms with E-state index >= 15 is 0 Å². The molecule has 5 nitrogen and oxygen atoms in total. The highest BCUT2D eigenvalue weighted by Crippen LogP contribution is 2.28. The summed E-state index contributed by atoms with van der Waals surface area (Å²) < 4.78 is 5.21. The van der Waals surface area contributed by atoms with Crippen molar-refractivity contribution in [3.8, 4) is 11.3 Å². The molecule has 0 unspecified atom stereocenters. The molecule has 0 spiro atoms. The van der Waals surface area contributed by atoms with Crippen LogP contribution in [0.3, 0.4) is 0 Å². The minimum absolute atomic E-state index is 0.819. The Hall–Kier alpha value is -1.62. The molecule has 0 radical (unpaired) electrons. The lowest BCUT2D eigenvalue weighted by molar-refractivity contribution is 0.328. The fourth-order valence-electron chi connectivity index (χ4n) is 2.22. The maximum Gasteiger partial charge on any atom is 0.143 e. The average Bonchev–Trinajstić information content (AvgIpc) is 2.87. The van der Waals surface area contributed by atoms with Gasteiger partial charge in [0.15, 0.2) is 0 Å². The van der Waals surface area contributed by atoms with E-state index in [1.807, 2.05) is 20.0 Å². The Morgan fingerprint density at radius 2 is 2.17 bits per heavy atom. The molecule has 0 amide bonds. The number of H-pyrrole nitrogens is 1. The van der Waals surface area contributed by atoms with Gasteiger partial charge in [-0.25, -0.2) is 0 Å². The van der Waals surface area contributed by atoms with E-state index < -0.39 is 0 Å². The summed E-state index contributed by atoms with van der Waals surface area (Å²) in [6, 6.07) is 0. The largest absolute Gasteiger partial charge is 0.361 e. The van der Waals surface area contributed by atoms with Gasteiger partial charge in [-0.05, 0) is 33.9 Å². The molecular weight excluding hydrogens is 228 g/mol. The van der Waals surface area contributed by atoms with E-state index in [-0.39, 0.29) is 0 Å². The van der Waals surface area contributed by atoms with Crippen molar-refractivity contribution in [1.82, 2.24) is 20.3 Å². The standard InChI is InChI=1S/C13H20N4O/c1-5-6-17(4)8-11-7-14-15-13(11)12-9(2)16-18-10(12)3/h7H,5-6,8H2,1-4H3,(H,14,15). The van der Waals surface area contributed by atoms with Crippen LogP contribution >= 0.6 is 0 Å². The Morgan fingerprint density at radius 3 is 2.78 bits per heavy atom. The normalized spacial score (nSPS) is 11.4. The van der Waals surface area contributed by atoms with Gasteiger partial charge < -0.3 is 9.42 Å². The molecule has 0 fully saturated rings. The predicted octanol–water partition coefficient (Wildman–Crippen LogP) is 2.52. The summed E-state index contributed by atoms with van der Waals surface area (Å²) in [5.74, 6) is 0.819. The average molecular weight is 248 g/mol. The van der Waals surface area contributed by atoms with Crippen LogP contribution in [0.1, 0.15) is 30.4 Å². The van der Waals surface area contributed by atoms with Gasteiger partial charge in [0, 0.05) is 18.3 Å². The van der Waals surface area contributed by atoms with E-state index in [4.69, 9.17) is 4.52 Å². The minimum atomic E-state index is 0.819. The van der Waals surface area contributed by atoms with Gasteiger partial charge in [-0.1, -0.05) is 12.1 Å². The molecule has 2 aromatic heterocycles. The van der Waals surface area contributed by atoms with Gasteiger partial charge in [0.2, 0.25) is 0 Å². The lowest BCUT2D eigenvalue weighted by Crippen LogP contribution is -2.18. The quantitative estimate of drug-likeness (QED) is 0.883. The van der Waals surface area contributed by atoms with E-state index in [2.05, 4.69) is 34.2 Å². The van der Waals surface area contributed by atoms with Crippen LogP contribution in [-0.2, 0) is 6.54 Å². The van der Waals surface area contributed by atoms with Crippen LogP contribution in [0, 0.1) is 13.8 Å². The zero-order chi connectivity index (χ0) is 13.1. The number of nitrogens with zero attached hydrogens (tertiary/aromatic N) is 3. The van der Waals surface area contributed by atoms with Crippen LogP contribution < -0.4 is 0 Å². The first-order valence-electron chi connectivity index (χ1n) is 6.28. The lowest BCUT2D eigenvalue weighted by Gasteiger charge is -2.14. The summed E-state index contributed by atoms with van der Waals surface area (Å²) in [7, 11) is 2.12. The second kappa shape index (κ2) is 5.35. The molecule has 2 aromatic rings. The molecule has 98 valence electrons. The monoisotopic (exact) mass is 248 g/mol. The third-order valence-corrected chi connectivity index (χ3v) is 3.04. The molecule has 1 N–H and O–H groups in total. The van der Waals surface area contributed by atoms with Gasteiger partial charge in [-0.2, -0.15) is 5.10 Å². The van der Waals surface area contributed by atoms with Crippen LogP contribution in [-0.4, -0.2) is 33.8 Å². The van der Waals surface area contributed by atoms with Crippen molar-refractivity contribution in [3.63, 3.8) is 0 Å². The molecule has 0 aliphatic carbocycles. The third-order valence-electron chi connectivity index (χ3n) is 3.04. The number of rotatable bonds is 5. The first-order chi connectivity index (χ1) is 8.63. The van der Waals surface area contributed by atoms with Gasteiger partial charge in [0.05, 0.1) is 11.3 Å². The maximum atomic E-state index is 5.21. The van der Waals surface area contributed by atoms with Gasteiger partial charge in [-0.15, -0.1) is 0 Å². The fraction of sp³-hybridized carbons (Fsp3) is 0.538. The highest BCUT2D eigenvalue weighted by atomic mass is 16.5. The molecular formula is C13H20N4O. The molecule has 0 aromatic carbocycles. The molecule has 2 rings (SSSR count). The summed E-state index contributed by atoms with van der Waals surface area (Å²) in [6.07, 6.45) is 3.10. The predicted molar refractivity (Wildman–Crippen MR) is 70.2 cm³/mol. The second-order valence-corrected chi connectivity index (χ2v) is 4.70. The van der Waals surface area contributed by atoms with Crippen molar-refractivity contribution >= 4 is 0 Å². The molecule has 0 atom stereocenters. The molecule has 2 heterocycles. The number of hydrogen-bond donors (Lipinski definition) is 1. The smallest absolute Gasteiger partial charge is 0.143 e. The minimum Gasteiger partial charge on any atom is -0.361 e. The van der Waals surface area contributed by atoms with Crippen LogP contribution in [0.5, 0.6) is 0 Å². The zero-order valence-electron chi connectivity index (χ0n) is 11.4. The molecule has 0 bridgehead atoms. The summed E-state index contributed by atoms with van der Waals surface area (Å²) in [5.41, 5.74) is 4.03. The Morgan fingerprint density at radius 1 is 1.39 bits per heavy atom. The number of aryl methyl sites for hydroxylation is 2. The van der Waals surface area contributed by atoms with Crippen molar-refractivity contribution in [2.45, 2.75) is 33.7 Å². The Balaban J connectivity index is 2.28. The van der Waals surface area contributed by atoms with Crippen molar-refractivity contribution in [2.24, 2.45) is 0 Å². The van der Waals surface area contributed by atoms with Crippen molar-refractivity contribution < 1.29 is 4.52 Å². The van der Waals surface area contributed by atoms with E-state index in [0.29, 0.717) is 0 Å². The van der Waals surface area contributed by atoms with E-state index in [0.717, 1.165) is 42.2 Å². The van der Waals surface area contributed by atoms with Crippen LogP contribution in [0.4, 0.5) is 0 Å². The summed E-state index contributed by atoms with van der Waals surface area (Å²) in [5, 5.41) is 11.3. The molecule has 0 aliphatic heterocycles. The highest BCUT2D eigenvalue weighted by molar-refractivity contribution is 5.66. The first kappa shape index (κ1) is 12.8. The van der Waals surface area contributed by atoms with E-state index in [9.17, 15) is 0 Å². The Bertz CT molecular complexity index is 495. The van der Waals surface area contributed by atoms with Gasteiger partial charge in [-0.3, -0.25) is 5.10 Å². The highest BCUT2D eigenvalue weighted by Gasteiger charge is 2.18. The third kappa shape index (κ3) is 2.46. The number of aromatic amines is 1. The summed E-state index contributed by atoms with van der Waals surface area (Å²) in [6.45, 7) is 8.00.